The molecule has 1 N–H and O–H groups in total. The first-order valence-electron chi connectivity index (χ1n) is 5.19. The molecule has 1 aromatic carbocycles. The van der Waals surface area contributed by atoms with Gasteiger partial charge in [-0.1, -0.05) is 12.1 Å². The lowest BCUT2D eigenvalue weighted by atomic mass is 10.1. The zero-order valence-electron chi connectivity index (χ0n) is 9.54. The van der Waals surface area contributed by atoms with E-state index < -0.39 is 10.8 Å². The van der Waals surface area contributed by atoms with Crippen LogP contribution in [0.25, 0.3) is 0 Å². The van der Waals surface area contributed by atoms with E-state index in [4.69, 9.17) is 0 Å². The average Bonchev–Trinajstić information content (AvgIpc) is 2.74. The Balaban J connectivity index is 2.26. The maximum Gasteiger partial charge on any atom is 0.282 e. The number of para-hydroxylation sites is 1. The van der Waals surface area contributed by atoms with Crippen LogP contribution in [0.4, 0.5) is 10.7 Å². The third-order valence-electron chi connectivity index (χ3n) is 2.32. The molecule has 0 atom stereocenters. The number of hydrogen-bond acceptors (Lipinski definition) is 4. The fourth-order valence-corrected chi connectivity index (χ4v) is 2.27. The summed E-state index contributed by atoms with van der Waals surface area (Å²) in [7, 11) is 0. The van der Waals surface area contributed by atoms with Crippen LogP contribution >= 0.6 is 11.3 Å². The Morgan fingerprint density at radius 2 is 2.00 bits per heavy atom. The smallest absolute Gasteiger partial charge is 0.282 e. The average molecular weight is 262 g/mol. The van der Waals surface area contributed by atoms with Gasteiger partial charge in [0.15, 0.2) is 0 Å². The number of benzene rings is 1. The Morgan fingerprint density at radius 1 is 1.28 bits per heavy atom. The van der Waals surface area contributed by atoms with Gasteiger partial charge in [0.2, 0.25) is 0 Å². The van der Waals surface area contributed by atoms with Gasteiger partial charge in [0, 0.05) is 10.9 Å². The molecule has 6 heteroatoms. The fraction of sp³-hybridized carbons (Fsp3) is 0.0833. The predicted octanol–water partition coefficient (Wildman–Crippen LogP) is 3.22. The molecule has 0 fully saturated rings. The van der Waals surface area contributed by atoms with E-state index in [9.17, 15) is 14.9 Å². The van der Waals surface area contributed by atoms with Gasteiger partial charge in [-0.05, 0) is 25.1 Å². The Hall–Kier alpha value is -2.21. The van der Waals surface area contributed by atoms with Gasteiger partial charge in [0.1, 0.15) is 5.56 Å². The van der Waals surface area contributed by atoms with Crippen LogP contribution in [0, 0.1) is 17.0 Å². The lowest BCUT2D eigenvalue weighted by Gasteiger charge is -2.03. The summed E-state index contributed by atoms with van der Waals surface area (Å²) in [6.07, 6.45) is 0. The molecule has 2 rings (SSSR count). The van der Waals surface area contributed by atoms with E-state index in [1.807, 2.05) is 13.0 Å². The van der Waals surface area contributed by atoms with Crippen molar-refractivity contribution in [3.8, 4) is 0 Å². The van der Waals surface area contributed by atoms with Crippen LogP contribution < -0.4 is 5.32 Å². The highest BCUT2D eigenvalue weighted by molar-refractivity contribution is 7.16. The van der Waals surface area contributed by atoms with Gasteiger partial charge >= 0.3 is 0 Å². The largest absolute Gasteiger partial charge is 0.313 e. The molecule has 0 unspecified atom stereocenters. The molecule has 0 bridgehead atoms. The van der Waals surface area contributed by atoms with Gasteiger partial charge in [-0.15, -0.1) is 11.3 Å². The van der Waals surface area contributed by atoms with Crippen molar-refractivity contribution in [1.29, 1.82) is 0 Å². The van der Waals surface area contributed by atoms with Crippen molar-refractivity contribution < 1.29 is 9.72 Å². The number of carbonyl (C=O) groups is 1. The van der Waals surface area contributed by atoms with E-state index in [0.29, 0.717) is 5.00 Å². The van der Waals surface area contributed by atoms with E-state index in [0.717, 1.165) is 4.88 Å². The van der Waals surface area contributed by atoms with Crippen LogP contribution in [0.1, 0.15) is 15.2 Å². The molecule has 92 valence electrons. The molecule has 0 saturated heterocycles. The summed E-state index contributed by atoms with van der Waals surface area (Å²) in [5.41, 5.74) is -0.128. The number of nitro groups is 1. The Kier molecular flexibility index (Phi) is 3.38. The topological polar surface area (TPSA) is 72.2 Å². The summed E-state index contributed by atoms with van der Waals surface area (Å²) in [4.78, 5) is 23.3. The number of amides is 1. The summed E-state index contributed by atoms with van der Waals surface area (Å²) < 4.78 is 0. The first-order chi connectivity index (χ1) is 8.58. The summed E-state index contributed by atoms with van der Waals surface area (Å²) in [5, 5.41) is 14.1. The number of rotatable bonds is 3. The van der Waals surface area contributed by atoms with Crippen LogP contribution in [0.5, 0.6) is 0 Å². The van der Waals surface area contributed by atoms with Gasteiger partial charge in [-0.25, -0.2) is 0 Å². The summed E-state index contributed by atoms with van der Waals surface area (Å²) in [5.74, 6) is -0.468. The number of carbonyl (C=O) groups excluding carboxylic acids is 1. The lowest BCUT2D eigenvalue weighted by molar-refractivity contribution is -0.385. The Bertz CT molecular complexity index is 607. The lowest BCUT2D eigenvalue weighted by Crippen LogP contribution is -2.12. The van der Waals surface area contributed by atoms with Crippen molar-refractivity contribution in [1.82, 2.24) is 0 Å². The van der Waals surface area contributed by atoms with Gasteiger partial charge in [-0.2, -0.15) is 0 Å². The first kappa shape index (κ1) is 12.3. The maximum atomic E-state index is 11.9. The summed E-state index contributed by atoms with van der Waals surface area (Å²) >= 11 is 1.42. The van der Waals surface area contributed by atoms with E-state index in [-0.39, 0.29) is 11.3 Å². The second-order valence-corrected chi connectivity index (χ2v) is 4.93. The van der Waals surface area contributed by atoms with E-state index in [1.54, 1.807) is 12.1 Å². The first-order valence-corrected chi connectivity index (χ1v) is 6.01. The second kappa shape index (κ2) is 4.97. The molecule has 18 heavy (non-hydrogen) atoms. The number of nitrogens with one attached hydrogen (secondary N) is 1. The number of nitrogens with zero attached hydrogens (tertiary/aromatic N) is 1. The molecule has 1 aromatic heterocycles. The fourth-order valence-electron chi connectivity index (χ4n) is 1.51. The van der Waals surface area contributed by atoms with Crippen LogP contribution in [0.15, 0.2) is 36.4 Å². The molecule has 5 nitrogen and oxygen atoms in total. The highest BCUT2D eigenvalue weighted by atomic mass is 32.1. The van der Waals surface area contributed by atoms with Crippen molar-refractivity contribution in [2.24, 2.45) is 0 Å². The molecule has 0 radical (unpaired) electrons. The SMILES string of the molecule is Cc1ccc(NC(=O)c2ccccc2[N+](=O)[O-])s1. The highest BCUT2D eigenvalue weighted by Gasteiger charge is 2.19. The van der Waals surface area contributed by atoms with Crippen molar-refractivity contribution in [2.75, 3.05) is 5.32 Å². The van der Waals surface area contributed by atoms with Crippen molar-refractivity contribution >= 4 is 27.9 Å². The molecule has 0 saturated carbocycles. The molecule has 0 aliphatic rings. The minimum atomic E-state index is -0.561. The van der Waals surface area contributed by atoms with E-state index in [1.165, 1.54) is 29.5 Å². The number of hydrogen-bond donors (Lipinski definition) is 1. The van der Waals surface area contributed by atoms with Crippen LogP contribution in [0.2, 0.25) is 0 Å². The molecule has 0 spiro atoms. The van der Waals surface area contributed by atoms with Crippen molar-refractivity contribution in [2.45, 2.75) is 6.92 Å². The third-order valence-corrected chi connectivity index (χ3v) is 3.24. The minimum absolute atomic E-state index is 0.0635. The van der Waals surface area contributed by atoms with Crippen LogP contribution in [-0.2, 0) is 0 Å². The highest BCUT2D eigenvalue weighted by Crippen LogP contribution is 2.23. The zero-order chi connectivity index (χ0) is 13.1. The normalized spacial score (nSPS) is 10.1. The van der Waals surface area contributed by atoms with Crippen molar-refractivity contribution in [3.63, 3.8) is 0 Å². The molecule has 0 aliphatic heterocycles. The standard InChI is InChI=1S/C12H10N2O3S/c1-8-6-7-11(18-8)13-12(15)9-4-2-3-5-10(9)14(16)17/h2-7H,1H3,(H,13,15). The number of thiophene rings is 1. The quantitative estimate of drug-likeness (QED) is 0.681. The van der Waals surface area contributed by atoms with Crippen LogP contribution in [-0.4, -0.2) is 10.8 Å². The zero-order valence-corrected chi connectivity index (χ0v) is 10.4. The predicted molar refractivity (Wildman–Crippen MR) is 70.1 cm³/mol. The Morgan fingerprint density at radius 3 is 2.61 bits per heavy atom. The molecule has 2 aromatic rings. The van der Waals surface area contributed by atoms with E-state index in [2.05, 4.69) is 5.32 Å². The molecular formula is C12H10N2O3S. The molecule has 1 amide bonds. The van der Waals surface area contributed by atoms with Gasteiger partial charge in [-0.3, -0.25) is 14.9 Å². The molecular weight excluding hydrogens is 252 g/mol. The molecule has 0 aliphatic carbocycles. The van der Waals surface area contributed by atoms with Gasteiger partial charge in [0.05, 0.1) is 9.92 Å². The maximum absolute atomic E-state index is 11.9. The van der Waals surface area contributed by atoms with Gasteiger partial charge < -0.3 is 5.32 Å². The number of aryl methyl sites for hydroxylation is 1. The minimum Gasteiger partial charge on any atom is -0.313 e. The summed E-state index contributed by atoms with van der Waals surface area (Å²) in [6.45, 7) is 1.92. The summed E-state index contributed by atoms with van der Waals surface area (Å²) in [6, 6.07) is 9.53. The monoisotopic (exact) mass is 262 g/mol. The molecule has 1 heterocycles. The van der Waals surface area contributed by atoms with Crippen LogP contribution in [0.3, 0.4) is 0 Å². The third kappa shape index (κ3) is 2.54. The van der Waals surface area contributed by atoms with Crippen molar-refractivity contribution in [3.05, 3.63) is 57.0 Å². The number of anilines is 1. The Labute approximate surface area is 107 Å². The second-order valence-electron chi connectivity index (χ2n) is 3.64. The number of nitro benzene ring substituents is 1. The van der Waals surface area contributed by atoms with Gasteiger partial charge in [0.25, 0.3) is 11.6 Å². The van der Waals surface area contributed by atoms with E-state index >= 15 is 0 Å².